The molecule has 0 spiro atoms. The molecule has 210 valence electrons. The van der Waals surface area contributed by atoms with E-state index in [0.29, 0.717) is 24.0 Å². The molecular formula is C30H42O8. The molecule has 4 rings (SSSR count). The highest BCUT2D eigenvalue weighted by atomic mass is 16.4. The average Bonchev–Trinajstić information content (AvgIpc) is 2.99. The lowest BCUT2D eigenvalue weighted by Crippen LogP contribution is -2.60. The predicted molar refractivity (Wildman–Crippen MR) is 138 cm³/mol. The number of aliphatic hydroxyl groups excluding tert-OH is 1. The maximum absolute atomic E-state index is 14.1. The molecule has 0 aliphatic heterocycles. The molecule has 4 aliphatic rings. The average molecular weight is 531 g/mol. The van der Waals surface area contributed by atoms with Crippen molar-refractivity contribution in [3.8, 4) is 0 Å². The van der Waals surface area contributed by atoms with E-state index in [1.807, 2.05) is 20.8 Å². The summed E-state index contributed by atoms with van der Waals surface area (Å²) in [6, 6.07) is 0. The van der Waals surface area contributed by atoms with Gasteiger partial charge in [0.2, 0.25) is 0 Å². The number of carbonyl (C=O) groups excluding carboxylic acids is 4. The Labute approximate surface area is 224 Å². The zero-order chi connectivity index (χ0) is 28.8. The van der Waals surface area contributed by atoms with Crippen molar-refractivity contribution in [1.29, 1.82) is 0 Å². The van der Waals surface area contributed by atoms with Gasteiger partial charge in [0.15, 0.2) is 5.78 Å². The minimum atomic E-state index is -1.65. The van der Waals surface area contributed by atoms with Crippen LogP contribution in [0, 0.1) is 39.4 Å². The molecule has 8 atom stereocenters. The van der Waals surface area contributed by atoms with Gasteiger partial charge in [-0.2, -0.15) is 0 Å². The first kappa shape index (κ1) is 28.8. The van der Waals surface area contributed by atoms with Crippen LogP contribution in [0.5, 0.6) is 0 Å². The van der Waals surface area contributed by atoms with E-state index in [9.17, 15) is 39.3 Å². The summed E-state index contributed by atoms with van der Waals surface area (Å²) in [6.07, 6.45) is -0.624. The topological polar surface area (TPSA) is 146 Å². The van der Waals surface area contributed by atoms with Gasteiger partial charge in [0, 0.05) is 54.4 Å². The molecule has 3 N–H and O–H groups in total. The van der Waals surface area contributed by atoms with Crippen molar-refractivity contribution in [2.75, 3.05) is 0 Å². The summed E-state index contributed by atoms with van der Waals surface area (Å²) >= 11 is 0. The molecule has 0 bridgehead atoms. The lowest BCUT2D eigenvalue weighted by atomic mass is 9.42. The van der Waals surface area contributed by atoms with E-state index in [0.717, 1.165) is 0 Å². The molecule has 4 aliphatic carbocycles. The molecule has 0 aromatic rings. The second-order valence-corrected chi connectivity index (χ2v) is 14.0. The minimum absolute atomic E-state index is 0.0159. The summed E-state index contributed by atoms with van der Waals surface area (Å²) in [5.74, 6) is -3.63. The monoisotopic (exact) mass is 530 g/mol. The van der Waals surface area contributed by atoms with Crippen molar-refractivity contribution >= 4 is 29.1 Å². The summed E-state index contributed by atoms with van der Waals surface area (Å²) in [7, 11) is 0. The van der Waals surface area contributed by atoms with Crippen LogP contribution < -0.4 is 0 Å². The number of allylic oxidation sites excluding steroid dienone is 1. The lowest BCUT2D eigenvalue weighted by molar-refractivity contribution is -0.150. The van der Waals surface area contributed by atoms with Crippen molar-refractivity contribution in [3.63, 3.8) is 0 Å². The van der Waals surface area contributed by atoms with Gasteiger partial charge in [0.25, 0.3) is 0 Å². The number of ketones is 4. The lowest BCUT2D eigenvalue weighted by Gasteiger charge is -2.60. The molecule has 2 unspecified atom stereocenters. The van der Waals surface area contributed by atoms with Crippen LogP contribution in [-0.4, -0.2) is 56.1 Å². The van der Waals surface area contributed by atoms with Crippen LogP contribution in [0.4, 0.5) is 0 Å². The summed E-state index contributed by atoms with van der Waals surface area (Å²) in [5.41, 5.74) is -4.36. The third kappa shape index (κ3) is 3.73. The minimum Gasteiger partial charge on any atom is -0.481 e. The SMILES string of the molecule is CC(CC(=O)CC(C)(O)[C@H]1CC(=O)[C@@]2(C)C3=C(C(=O)C[C@]12C)[C@@]1(C)CCC(=O)C(C)(C)[C@@H]1C[C@@H]3O)C(=O)O. The molecule has 0 aromatic heterocycles. The summed E-state index contributed by atoms with van der Waals surface area (Å²) < 4.78 is 0. The Hall–Kier alpha value is -2.19. The van der Waals surface area contributed by atoms with E-state index in [2.05, 4.69) is 0 Å². The number of aliphatic hydroxyl groups is 2. The van der Waals surface area contributed by atoms with Gasteiger partial charge < -0.3 is 15.3 Å². The molecule has 0 heterocycles. The third-order valence-corrected chi connectivity index (χ3v) is 11.3. The number of carbonyl (C=O) groups is 5. The normalized spacial score (nSPS) is 40.7. The fourth-order valence-corrected chi connectivity index (χ4v) is 8.97. The molecule has 0 amide bonds. The molecule has 38 heavy (non-hydrogen) atoms. The summed E-state index contributed by atoms with van der Waals surface area (Å²) in [6.45, 7) is 12.2. The highest BCUT2D eigenvalue weighted by Crippen LogP contribution is 2.70. The van der Waals surface area contributed by atoms with Crippen molar-refractivity contribution in [3.05, 3.63) is 11.1 Å². The van der Waals surface area contributed by atoms with Crippen molar-refractivity contribution in [1.82, 2.24) is 0 Å². The Kier molecular flexibility index (Phi) is 6.56. The molecule has 8 nitrogen and oxygen atoms in total. The van der Waals surface area contributed by atoms with E-state index >= 15 is 0 Å². The molecule has 2 saturated carbocycles. The second-order valence-electron chi connectivity index (χ2n) is 14.0. The first-order valence-electron chi connectivity index (χ1n) is 13.7. The largest absolute Gasteiger partial charge is 0.481 e. The third-order valence-electron chi connectivity index (χ3n) is 11.3. The van der Waals surface area contributed by atoms with Gasteiger partial charge in [0.05, 0.1) is 23.0 Å². The number of Topliss-reactive ketones (excluding diaryl/α,β-unsaturated/α-hetero) is 4. The summed E-state index contributed by atoms with van der Waals surface area (Å²) in [5, 5.41) is 32.4. The number of rotatable bonds is 6. The number of carboxylic acid groups (broad SMARTS) is 1. The van der Waals surface area contributed by atoms with E-state index in [1.165, 1.54) is 13.8 Å². The highest BCUT2D eigenvalue weighted by molar-refractivity contribution is 6.05. The predicted octanol–water partition coefficient (Wildman–Crippen LogP) is 3.45. The Morgan fingerprint density at radius 1 is 1.08 bits per heavy atom. The second kappa shape index (κ2) is 8.65. The van der Waals surface area contributed by atoms with Gasteiger partial charge in [-0.1, -0.05) is 34.6 Å². The summed E-state index contributed by atoms with van der Waals surface area (Å²) in [4.78, 5) is 64.8. The van der Waals surface area contributed by atoms with Gasteiger partial charge in [-0.3, -0.25) is 24.0 Å². The Bertz CT molecular complexity index is 1160. The smallest absolute Gasteiger partial charge is 0.306 e. The van der Waals surface area contributed by atoms with Crippen LogP contribution in [0.25, 0.3) is 0 Å². The van der Waals surface area contributed by atoms with Gasteiger partial charge in [-0.15, -0.1) is 0 Å². The van der Waals surface area contributed by atoms with E-state index < -0.39 is 57.0 Å². The highest BCUT2D eigenvalue weighted by Gasteiger charge is 2.71. The molecule has 0 radical (unpaired) electrons. The van der Waals surface area contributed by atoms with Crippen molar-refractivity contribution in [2.24, 2.45) is 39.4 Å². The Balaban J connectivity index is 1.79. The number of hydrogen-bond acceptors (Lipinski definition) is 7. The fraction of sp³-hybridized carbons (Fsp3) is 0.767. The molecule has 8 heteroatoms. The first-order chi connectivity index (χ1) is 17.2. The van der Waals surface area contributed by atoms with Crippen LogP contribution in [0.3, 0.4) is 0 Å². The van der Waals surface area contributed by atoms with Crippen LogP contribution in [0.15, 0.2) is 11.1 Å². The number of fused-ring (bicyclic) bond motifs is 4. The zero-order valence-corrected chi connectivity index (χ0v) is 23.6. The molecular weight excluding hydrogens is 488 g/mol. The van der Waals surface area contributed by atoms with Crippen molar-refractivity contribution in [2.45, 2.75) is 105 Å². The standard InChI is InChI=1S/C30H42O8/c1-15(25(36)37)10-16(31)13-29(6,38)20-12-22(35)30(7)24-17(32)11-19-26(2,3)21(34)8-9-27(19,4)23(24)18(33)14-28(20,30)5/h15,17,19-20,32,38H,8-14H2,1-7H3,(H,36,37)/t15?,17-,19-,20-,27-,28+,29?,30-/m0/s1. The van der Waals surface area contributed by atoms with Crippen LogP contribution >= 0.6 is 0 Å². The van der Waals surface area contributed by atoms with Gasteiger partial charge >= 0.3 is 5.97 Å². The fourth-order valence-electron chi connectivity index (χ4n) is 8.97. The van der Waals surface area contributed by atoms with E-state index in [1.54, 1.807) is 13.8 Å². The van der Waals surface area contributed by atoms with Crippen LogP contribution in [-0.2, 0) is 24.0 Å². The number of aliphatic carboxylic acids is 1. The van der Waals surface area contributed by atoms with Crippen LogP contribution in [0.2, 0.25) is 0 Å². The van der Waals surface area contributed by atoms with Gasteiger partial charge in [-0.05, 0) is 43.6 Å². The van der Waals surface area contributed by atoms with E-state index in [-0.39, 0.29) is 55.4 Å². The van der Waals surface area contributed by atoms with Crippen molar-refractivity contribution < 1.29 is 39.3 Å². The first-order valence-corrected chi connectivity index (χ1v) is 13.7. The molecule has 0 aromatic carbocycles. The maximum atomic E-state index is 14.1. The molecule has 2 fully saturated rings. The quantitative estimate of drug-likeness (QED) is 0.473. The van der Waals surface area contributed by atoms with E-state index in [4.69, 9.17) is 0 Å². The molecule has 0 saturated heterocycles. The maximum Gasteiger partial charge on any atom is 0.306 e. The zero-order valence-electron chi connectivity index (χ0n) is 23.6. The van der Waals surface area contributed by atoms with Crippen LogP contribution in [0.1, 0.15) is 93.4 Å². The Morgan fingerprint density at radius 3 is 2.26 bits per heavy atom. The van der Waals surface area contributed by atoms with Gasteiger partial charge in [0.1, 0.15) is 17.3 Å². The number of hydrogen-bond donors (Lipinski definition) is 3. The van der Waals surface area contributed by atoms with Gasteiger partial charge in [-0.25, -0.2) is 0 Å². The number of carboxylic acids is 1. The Morgan fingerprint density at radius 2 is 1.68 bits per heavy atom.